The Morgan fingerprint density at radius 3 is 2.11 bits per heavy atom. The van der Waals surface area contributed by atoms with Crippen molar-refractivity contribution in [1.29, 1.82) is 0 Å². The predicted octanol–water partition coefficient (Wildman–Crippen LogP) is 6.49. The SMILES string of the molecule is CNC(=O)[C@@H](N[C@H](CCc1ccc(C(F)(F)F)cc1)c1ccc(F)c(OC(F)(F)F)c1)c1ccccc1. The molecule has 3 aromatic rings. The first kappa shape index (κ1) is 28.0. The highest BCUT2D eigenvalue weighted by atomic mass is 19.4. The van der Waals surface area contributed by atoms with Gasteiger partial charge in [0.15, 0.2) is 11.6 Å². The summed E-state index contributed by atoms with van der Waals surface area (Å²) in [5.41, 5.74) is 0.472. The van der Waals surface area contributed by atoms with Gasteiger partial charge >= 0.3 is 12.5 Å². The van der Waals surface area contributed by atoms with Gasteiger partial charge in [0, 0.05) is 13.1 Å². The van der Waals surface area contributed by atoms with Gasteiger partial charge in [0.2, 0.25) is 5.91 Å². The van der Waals surface area contributed by atoms with Crippen LogP contribution in [0.15, 0.2) is 72.8 Å². The first-order valence-electron chi connectivity index (χ1n) is 11.1. The van der Waals surface area contributed by atoms with Crippen LogP contribution in [0.2, 0.25) is 0 Å². The van der Waals surface area contributed by atoms with Gasteiger partial charge in [-0.3, -0.25) is 10.1 Å². The Kier molecular flexibility index (Phi) is 8.80. The first-order valence-corrected chi connectivity index (χ1v) is 11.1. The van der Waals surface area contributed by atoms with E-state index in [-0.39, 0.29) is 18.4 Å². The number of carbonyl (C=O) groups is 1. The van der Waals surface area contributed by atoms with Crippen molar-refractivity contribution in [3.63, 3.8) is 0 Å². The normalized spacial score (nSPS) is 13.6. The van der Waals surface area contributed by atoms with Gasteiger partial charge in [-0.2, -0.15) is 13.2 Å². The van der Waals surface area contributed by atoms with Crippen molar-refractivity contribution >= 4 is 5.91 Å². The van der Waals surface area contributed by atoms with Crippen molar-refractivity contribution in [1.82, 2.24) is 10.6 Å². The molecule has 4 nitrogen and oxygen atoms in total. The maximum Gasteiger partial charge on any atom is 0.573 e. The van der Waals surface area contributed by atoms with Crippen molar-refractivity contribution in [2.75, 3.05) is 7.05 Å². The van der Waals surface area contributed by atoms with Crippen molar-refractivity contribution in [2.45, 2.75) is 37.5 Å². The van der Waals surface area contributed by atoms with E-state index in [1.165, 1.54) is 25.2 Å². The minimum atomic E-state index is -5.13. The van der Waals surface area contributed by atoms with Gasteiger partial charge in [-0.25, -0.2) is 4.39 Å². The highest BCUT2D eigenvalue weighted by Gasteiger charge is 2.33. The van der Waals surface area contributed by atoms with Gasteiger partial charge in [0.1, 0.15) is 6.04 Å². The summed E-state index contributed by atoms with van der Waals surface area (Å²) in [6.45, 7) is 0. The molecule has 0 aromatic heterocycles. The van der Waals surface area contributed by atoms with E-state index < -0.39 is 47.7 Å². The van der Waals surface area contributed by atoms with Crippen LogP contribution in [0.4, 0.5) is 30.7 Å². The molecule has 0 saturated heterocycles. The standard InChI is InChI=1S/C26H23F7N2O2/c1-34-24(36)23(17-5-3-2-4-6-17)35-21(14-9-16-7-11-19(12-8-16)25(28,29)30)18-10-13-20(27)22(15-18)37-26(31,32)33/h2-8,10-13,15,21,23,35H,9,14H2,1H3,(H,34,36)/t21-,23+/m1/s1. The minimum Gasteiger partial charge on any atom is -0.403 e. The van der Waals surface area contributed by atoms with Gasteiger partial charge in [-0.1, -0.05) is 48.5 Å². The number of benzene rings is 3. The Balaban J connectivity index is 1.94. The topological polar surface area (TPSA) is 50.4 Å². The van der Waals surface area contributed by atoms with Crippen LogP contribution in [0.3, 0.4) is 0 Å². The second kappa shape index (κ2) is 11.6. The number of halogens is 7. The van der Waals surface area contributed by atoms with E-state index in [1.807, 2.05) is 0 Å². The molecule has 0 saturated carbocycles. The molecular weight excluding hydrogens is 505 g/mol. The minimum absolute atomic E-state index is 0.156. The number of ether oxygens (including phenoxy) is 1. The average molecular weight is 528 g/mol. The lowest BCUT2D eigenvalue weighted by Gasteiger charge is -2.26. The van der Waals surface area contributed by atoms with Crippen molar-refractivity contribution < 1.29 is 40.3 Å². The number of likely N-dealkylation sites (N-methyl/N-ethyl adjacent to an activating group) is 1. The zero-order valence-corrected chi connectivity index (χ0v) is 19.5. The van der Waals surface area contributed by atoms with Crippen LogP contribution in [-0.2, 0) is 17.4 Å². The fraction of sp³-hybridized carbons (Fsp3) is 0.269. The average Bonchev–Trinajstić information content (AvgIpc) is 2.84. The summed E-state index contributed by atoms with van der Waals surface area (Å²) < 4.78 is 94.9. The monoisotopic (exact) mass is 528 g/mol. The number of aryl methyl sites for hydroxylation is 1. The van der Waals surface area contributed by atoms with Crippen LogP contribution in [0.1, 0.15) is 40.8 Å². The maximum absolute atomic E-state index is 14.1. The molecule has 3 rings (SSSR count). The number of nitrogens with one attached hydrogen (secondary N) is 2. The van der Waals surface area contributed by atoms with E-state index in [0.29, 0.717) is 11.1 Å². The molecule has 0 radical (unpaired) electrons. The number of alkyl halides is 6. The molecule has 0 aliphatic carbocycles. The van der Waals surface area contributed by atoms with Crippen LogP contribution in [0, 0.1) is 5.82 Å². The Bertz CT molecular complexity index is 1180. The Labute approximate surface area is 208 Å². The van der Waals surface area contributed by atoms with Gasteiger partial charge < -0.3 is 10.1 Å². The van der Waals surface area contributed by atoms with Crippen molar-refractivity contribution in [2.24, 2.45) is 0 Å². The summed E-state index contributed by atoms with van der Waals surface area (Å²) >= 11 is 0. The van der Waals surface area contributed by atoms with E-state index >= 15 is 0 Å². The number of amides is 1. The number of hydrogen-bond acceptors (Lipinski definition) is 3. The second-order valence-corrected chi connectivity index (χ2v) is 8.15. The Hall–Kier alpha value is -3.60. The summed E-state index contributed by atoms with van der Waals surface area (Å²) in [5.74, 6) is -2.70. The smallest absolute Gasteiger partial charge is 0.403 e. The molecule has 37 heavy (non-hydrogen) atoms. The lowest BCUT2D eigenvalue weighted by molar-refractivity contribution is -0.275. The van der Waals surface area contributed by atoms with Crippen LogP contribution >= 0.6 is 0 Å². The molecule has 11 heteroatoms. The summed E-state index contributed by atoms with van der Waals surface area (Å²) in [7, 11) is 1.42. The van der Waals surface area contributed by atoms with E-state index in [9.17, 15) is 35.5 Å². The van der Waals surface area contributed by atoms with Crippen LogP contribution in [-0.4, -0.2) is 19.3 Å². The van der Waals surface area contributed by atoms with Crippen LogP contribution in [0.25, 0.3) is 0 Å². The zero-order valence-electron chi connectivity index (χ0n) is 19.5. The molecule has 3 aromatic carbocycles. The lowest BCUT2D eigenvalue weighted by atomic mass is 9.95. The Morgan fingerprint density at radius 1 is 0.892 bits per heavy atom. The summed E-state index contributed by atoms with van der Waals surface area (Å²) in [6.07, 6.45) is -9.26. The first-order chi connectivity index (χ1) is 17.4. The highest BCUT2D eigenvalue weighted by Crippen LogP contribution is 2.32. The maximum atomic E-state index is 14.1. The molecule has 0 bridgehead atoms. The van der Waals surface area contributed by atoms with E-state index in [4.69, 9.17) is 0 Å². The fourth-order valence-corrected chi connectivity index (χ4v) is 3.77. The lowest BCUT2D eigenvalue weighted by Crippen LogP contribution is -2.38. The van der Waals surface area contributed by atoms with Gasteiger partial charge in [0.25, 0.3) is 0 Å². The molecule has 198 valence electrons. The summed E-state index contributed by atoms with van der Waals surface area (Å²) in [4.78, 5) is 12.7. The van der Waals surface area contributed by atoms with Crippen LogP contribution < -0.4 is 15.4 Å². The van der Waals surface area contributed by atoms with Crippen LogP contribution in [0.5, 0.6) is 5.75 Å². The van der Waals surface area contributed by atoms with Crippen molar-refractivity contribution in [3.8, 4) is 5.75 Å². The molecule has 1 amide bonds. The van der Waals surface area contributed by atoms with E-state index in [2.05, 4.69) is 15.4 Å². The highest BCUT2D eigenvalue weighted by molar-refractivity contribution is 5.83. The molecule has 0 heterocycles. The number of hydrogen-bond donors (Lipinski definition) is 2. The van der Waals surface area contributed by atoms with E-state index in [1.54, 1.807) is 30.3 Å². The zero-order chi connectivity index (χ0) is 27.2. The number of rotatable bonds is 9. The summed E-state index contributed by atoms with van der Waals surface area (Å²) in [6, 6.07) is 14.2. The van der Waals surface area contributed by atoms with Gasteiger partial charge in [-0.05, 0) is 53.8 Å². The Morgan fingerprint density at radius 2 is 1.54 bits per heavy atom. The summed E-state index contributed by atoms with van der Waals surface area (Å²) in [5, 5.41) is 5.63. The fourth-order valence-electron chi connectivity index (χ4n) is 3.77. The molecule has 0 spiro atoms. The van der Waals surface area contributed by atoms with E-state index in [0.717, 1.165) is 24.3 Å². The van der Waals surface area contributed by atoms with Gasteiger partial charge in [-0.15, -0.1) is 13.2 Å². The third-order valence-corrected chi connectivity index (χ3v) is 5.60. The molecule has 2 atom stereocenters. The third kappa shape index (κ3) is 7.94. The molecule has 0 fully saturated rings. The molecule has 0 aliphatic heterocycles. The third-order valence-electron chi connectivity index (χ3n) is 5.60. The largest absolute Gasteiger partial charge is 0.573 e. The molecule has 0 aliphatic rings. The second-order valence-electron chi connectivity index (χ2n) is 8.15. The number of carbonyl (C=O) groups excluding carboxylic acids is 1. The van der Waals surface area contributed by atoms with Crippen molar-refractivity contribution in [3.05, 3.63) is 101 Å². The predicted molar refractivity (Wildman–Crippen MR) is 122 cm³/mol. The quantitative estimate of drug-likeness (QED) is 0.312. The van der Waals surface area contributed by atoms with Gasteiger partial charge in [0.05, 0.1) is 5.56 Å². The molecular formula is C26H23F7N2O2. The molecule has 0 unspecified atom stereocenters. The molecule has 2 N–H and O–H groups in total.